The van der Waals surface area contributed by atoms with Gasteiger partial charge in [-0.05, 0) is 43.7 Å². The van der Waals surface area contributed by atoms with Gasteiger partial charge in [-0.15, -0.1) is 0 Å². The van der Waals surface area contributed by atoms with Crippen LogP contribution in [0.2, 0.25) is 0 Å². The summed E-state index contributed by atoms with van der Waals surface area (Å²) in [6, 6.07) is 10.6. The molecule has 1 unspecified atom stereocenters. The SMILES string of the molecule is CCC1(CNC(C)c2cc3ccccc3o2)CC1. The summed E-state index contributed by atoms with van der Waals surface area (Å²) >= 11 is 0. The highest BCUT2D eigenvalue weighted by molar-refractivity contribution is 5.77. The van der Waals surface area contributed by atoms with E-state index in [-0.39, 0.29) is 0 Å². The predicted molar refractivity (Wildman–Crippen MR) is 74.6 cm³/mol. The maximum Gasteiger partial charge on any atom is 0.134 e. The molecule has 2 nitrogen and oxygen atoms in total. The van der Waals surface area contributed by atoms with Gasteiger partial charge in [0.05, 0.1) is 6.04 Å². The lowest BCUT2D eigenvalue weighted by Gasteiger charge is -2.17. The molecule has 3 rings (SSSR count). The molecule has 18 heavy (non-hydrogen) atoms. The first kappa shape index (κ1) is 11.8. The van der Waals surface area contributed by atoms with Gasteiger partial charge < -0.3 is 9.73 Å². The zero-order valence-corrected chi connectivity index (χ0v) is 11.2. The molecule has 1 N–H and O–H groups in total. The number of furan rings is 1. The van der Waals surface area contributed by atoms with Crippen molar-refractivity contribution >= 4 is 11.0 Å². The summed E-state index contributed by atoms with van der Waals surface area (Å²) < 4.78 is 5.89. The van der Waals surface area contributed by atoms with Gasteiger partial charge in [-0.3, -0.25) is 0 Å². The molecule has 1 aliphatic rings. The fraction of sp³-hybridized carbons (Fsp3) is 0.500. The summed E-state index contributed by atoms with van der Waals surface area (Å²) in [7, 11) is 0. The maximum absolute atomic E-state index is 5.89. The van der Waals surface area contributed by atoms with E-state index in [4.69, 9.17) is 4.42 Å². The molecule has 2 aromatic rings. The summed E-state index contributed by atoms with van der Waals surface area (Å²) in [4.78, 5) is 0. The number of para-hydroxylation sites is 1. The molecule has 1 heterocycles. The Hall–Kier alpha value is -1.28. The Labute approximate surface area is 108 Å². The monoisotopic (exact) mass is 243 g/mol. The standard InChI is InChI=1S/C16H21NO/c1-3-16(8-9-16)11-17-12(2)15-10-13-6-4-5-7-14(13)18-15/h4-7,10,12,17H,3,8-9,11H2,1-2H3. The highest BCUT2D eigenvalue weighted by Gasteiger charge is 2.40. The first-order valence-corrected chi connectivity index (χ1v) is 6.94. The van der Waals surface area contributed by atoms with Crippen molar-refractivity contribution in [3.05, 3.63) is 36.1 Å². The normalized spacial score (nSPS) is 19.0. The largest absolute Gasteiger partial charge is 0.459 e. The Morgan fingerprint density at radius 2 is 2.11 bits per heavy atom. The van der Waals surface area contributed by atoms with Gasteiger partial charge in [0.15, 0.2) is 0 Å². The molecule has 0 bridgehead atoms. The third-order valence-electron chi connectivity index (χ3n) is 4.36. The van der Waals surface area contributed by atoms with Crippen molar-refractivity contribution in [3.63, 3.8) is 0 Å². The summed E-state index contributed by atoms with van der Waals surface area (Å²) in [6.07, 6.45) is 4.04. The second-order valence-corrected chi connectivity index (χ2v) is 5.64. The van der Waals surface area contributed by atoms with Gasteiger partial charge in [0, 0.05) is 11.9 Å². The summed E-state index contributed by atoms with van der Waals surface area (Å²) in [5.74, 6) is 1.04. The lowest BCUT2D eigenvalue weighted by molar-refractivity contribution is 0.384. The molecule has 2 heteroatoms. The average molecular weight is 243 g/mol. The number of hydrogen-bond donors (Lipinski definition) is 1. The molecule has 0 amide bonds. The van der Waals surface area contributed by atoms with Gasteiger partial charge in [-0.25, -0.2) is 0 Å². The summed E-state index contributed by atoms with van der Waals surface area (Å²) in [5.41, 5.74) is 1.57. The van der Waals surface area contributed by atoms with Crippen LogP contribution >= 0.6 is 0 Å². The van der Waals surface area contributed by atoms with Gasteiger partial charge in [0.2, 0.25) is 0 Å². The average Bonchev–Trinajstić information content (AvgIpc) is 3.05. The van der Waals surface area contributed by atoms with E-state index >= 15 is 0 Å². The quantitative estimate of drug-likeness (QED) is 0.848. The van der Waals surface area contributed by atoms with Gasteiger partial charge in [0.1, 0.15) is 11.3 Å². The molecule has 1 aliphatic carbocycles. The van der Waals surface area contributed by atoms with E-state index in [1.165, 1.54) is 24.6 Å². The van der Waals surface area contributed by atoms with E-state index in [1.54, 1.807) is 0 Å². The van der Waals surface area contributed by atoms with Crippen molar-refractivity contribution in [1.82, 2.24) is 5.32 Å². The van der Waals surface area contributed by atoms with E-state index in [0.717, 1.165) is 17.9 Å². The molecule has 1 saturated carbocycles. The smallest absolute Gasteiger partial charge is 0.134 e. The van der Waals surface area contributed by atoms with Crippen LogP contribution in [0.5, 0.6) is 0 Å². The lowest BCUT2D eigenvalue weighted by atomic mass is 10.0. The van der Waals surface area contributed by atoms with Crippen molar-refractivity contribution in [3.8, 4) is 0 Å². The van der Waals surface area contributed by atoms with E-state index in [2.05, 4.69) is 37.4 Å². The van der Waals surface area contributed by atoms with E-state index in [1.807, 2.05) is 12.1 Å². The number of nitrogens with one attached hydrogen (secondary N) is 1. The van der Waals surface area contributed by atoms with Crippen molar-refractivity contribution in [1.29, 1.82) is 0 Å². The number of rotatable bonds is 5. The van der Waals surface area contributed by atoms with Gasteiger partial charge in [0.25, 0.3) is 0 Å². The zero-order valence-electron chi connectivity index (χ0n) is 11.2. The molecule has 0 radical (unpaired) electrons. The topological polar surface area (TPSA) is 25.2 Å². The van der Waals surface area contributed by atoms with E-state index < -0.39 is 0 Å². The van der Waals surface area contributed by atoms with Crippen LogP contribution in [0.25, 0.3) is 11.0 Å². The maximum atomic E-state index is 5.89. The van der Waals surface area contributed by atoms with Crippen LogP contribution in [0.4, 0.5) is 0 Å². The second kappa shape index (κ2) is 4.43. The zero-order chi connectivity index (χ0) is 12.6. The van der Waals surface area contributed by atoms with E-state index in [9.17, 15) is 0 Å². The van der Waals surface area contributed by atoms with Gasteiger partial charge in [-0.1, -0.05) is 25.1 Å². The first-order chi connectivity index (χ1) is 8.72. The van der Waals surface area contributed by atoms with Crippen molar-refractivity contribution in [2.24, 2.45) is 5.41 Å². The lowest BCUT2D eigenvalue weighted by Crippen LogP contribution is -2.26. The molecule has 0 spiro atoms. The van der Waals surface area contributed by atoms with Crippen LogP contribution in [-0.2, 0) is 0 Å². The van der Waals surface area contributed by atoms with Crippen LogP contribution < -0.4 is 5.32 Å². The van der Waals surface area contributed by atoms with Gasteiger partial charge in [-0.2, -0.15) is 0 Å². The fourth-order valence-electron chi connectivity index (χ4n) is 2.52. The summed E-state index contributed by atoms with van der Waals surface area (Å²) in [6.45, 7) is 5.59. The Morgan fingerprint density at radius 3 is 2.78 bits per heavy atom. The van der Waals surface area contributed by atoms with Crippen molar-refractivity contribution < 1.29 is 4.42 Å². The van der Waals surface area contributed by atoms with Crippen LogP contribution in [0.1, 0.15) is 44.9 Å². The number of fused-ring (bicyclic) bond motifs is 1. The number of benzene rings is 1. The first-order valence-electron chi connectivity index (χ1n) is 6.94. The van der Waals surface area contributed by atoms with E-state index in [0.29, 0.717) is 11.5 Å². The molecule has 1 atom stereocenters. The Bertz CT molecular complexity index is 506. The molecule has 1 aromatic heterocycles. The molecule has 0 saturated heterocycles. The van der Waals surface area contributed by atoms with Gasteiger partial charge >= 0.3 is 0 Å². The molecule has 0 aliphatic heterocycles. The Kier molecular flexibility index (Phi) is 2.90. The summed E-state index contributed by atoms with van der Waals surface area (Å²) in [5, 5.41) is 4.81. The second-order valence-electron chi connectivity index (χ2n) is 5.64. The highest BCUT2D eigenvalue weighted by Crippen LogP contribution is 2.48. The molecule has 1 aromatic carbocycles. The molecule has 1 fully saturated rings. The molecular formula is C16H21NO. The third kappa shape index (κ3) is 2.17. The minimum Gasteiger partial charge on any atom is -0.459 e. The minimum atomic E-state index is 0.293. The van der Waals surface area contributed by atoms with Crippen molar-refractivity contribution in [2.75, 3.05) is 6.54 Å². The van der Waals surface area contributed by atoms with Crippen LogP contribution in [0.3, 0.4) is 0 Å². The predicted octanol–water partition coefficient (Wildman–Crippen LogP) is 4.27. The van der Waals surface area contributed by atoms with Crippen molar-refractivity contribution in [2.45, 2.75) is 39.2 Å². The minimum absolute atomic E-state index is 0.293. The van der Waals surface area contributed by atoms with Crippen LogP contribution in [0, 0.1) is 5.41 Å². The Balaban J connectivity index is 1.69. The number of hydrogen-bond acceptors (Lipinski definition) is 2. The molecule has 96 valence electrons. The third-order valence-corrected chi connectivity index (χ3v) is 4.36. The van der Waals surface area contributed by atoms with Crippen LogP contribution in [0.15, 0.2) is 34.7 Å². The highest BCUT2D eigenvalue weighted by atomic mass is 16.3. The molecular weight excluding hydrogens is 222 g/mol. The Morgan fingerprint density at radius 1 is 1.33 bits per heavy atom. The fourth-order valence-corrected chi connectivity index (χ4v) is 2.52. The van der Waals surface area contributed by atoms with Crippen LogP contribution in [-0.4, -0.2) is 6.54 Å².